The van der Waals surface area contributed by atoms with Crippen molar-refractivity contribution < 1.29 is 79.2 Å². The summed E-state index contributed by atoms with van der Waals surface area (Å²) in [6.45, 7) is 13.7. The molecule has 34 heavy (non-hydrogen) atoms. The number of rotatable bonds is 0. The maximum Gasteiger partial charge on any atom is 0.300 e. The number of carboxylic acids is 8. The molecular formula is C18H37O16. The van der Waals surface area contributed by atoms with Gasteiger partial charge in [-0.1, -0.05) is 13.8 Å². The summed E-state index contributed by atoms with van der Waals surface area (Å²) in [6, 6.07) is 0. The van der Waals surface area contributed by atoms with Crippen LogP contribution in [0, 0.1) is 6.92 Å². The van der Waals surface area contributed by atoms with Crippen molar-refractivity contribution in [1.29, 1.82) is 0 Å². The third-order valence-corrected chi connectivity index (χ3v) is 0. The van der Waals surface area contributed by atoms with Crippen LogP contribution < -0.4 is 0 Å². The van der Waals surface area contributed by atoms with Gasteiger partial charge < -0.3 is 40.9 Å². The summed E-state index contributed by atoms with van der Waals surface area (Å²) in [6.07, 6.45) is 0. The molecule has 16 nitrogen and oxygen atoms in total. The minimum Gasteiger partial charge on any atom is -0.481 e. The van der Waals surface area contributed by atoms with Crippen LogP contribution in [-0.2, 0) is 38.4 Å². The van der Waals surface area contributed by atoms with Gasteiger partial charge in [0, 0.05) is 55.4 Å². The molecule has 0 rings (SSSR count). The average molecular weight is 509 g/mol. The summed E-state index contributed by atoms with van der Waals surface area (Å²) in [5.74, 6) is -6.67. The van der Waals surface area contributed by atoms with Crippen LogP contribution in [0.5, 0.6) is 0 Å². The standard InChI is InChI=1S/8C2H4O2.C2H5/c8*1-2(3)4;1-2/h8*1H3,(H,3,4);1H2,2H3. The van der Waals surface area contributed by atoms with Crippen LogP contribution in [0.4, 0.5) is 0 Å². The highest BCUT2D eigenvalue weighted by Gasteiger charge is 1.68. The van der Waals surface area contributed by atoms with Crippen LogP contribution in [-0.4, -0.2) is 88.6 Å². The van der Waals surface area contributed by atoms with Crippen molar-refractivity contribution in [2.24, 2.45) is 0 Å². The molecule has 0 amide bonds. The van der Waals surface area contributed by atoms with Gasteiger partial charge in [0.1, 0.15) is 0 Å². The summed E-state index contributed by atoms with van der Waals surface area (Å²) in [5, 5.41) is 59.3. The van der Waals surface area contributed by atoms with Crippen molar-refractivity contribution in [1.82, 2.24) is 0 Å². The van der Waals surface area contributed by atoms with Gasteiger partial charge in [0.15, 0.2) is 0 Å². The number of carbonyl (C=O) groups is 8. The highest BCUT2D eigenvalue weighted by molar-refractivity contribution is 5.64. The van der Waals surface area contributed by atoms with Crippen molar-refractivity contribution in [2.45, 2.75) is 62.3 Å². The summed E-state index contributed by atoms with van der Waals surface area (Å²) >= 11 is 0. The summed E-state index contributed by atoms with van der Waals surface area (Å²) in [7, 11) is 0. The fourth-order valence-electron chi connectivity index (χ4n) is 0. The van der Waals surface area contributed by atoms with Crippen LogP contribution in [0.1, 0.15) is 62.3 Å². The minimum absolute atomic E-state index is 0.833. The SMILES string of the molecule is CC(=O)O.CC(=O)O.CC(=O)O.CC(=O)O.CC(=O)O.CC(=O)O.CC(=O)O.CC(=O)O.[CH2]C. The molecule has 0 bridgehead atoms. The van der Waals surface area contributed by atoms with Crippen molar-refractivity contribution in [3.8, 4) is 0 Å². The highest BCUT2D eigenvalue weighted by atomic mass is 16.4. The molecule has 0 aliphatic heterocycles. The van der Waals surface area contributed by atoms with Crippen LogP contribution in [0.2, 0.25) is 0 Å². The van der Waals surface area contributed by atoms with Gasteiger partial charge in [0.05, 0.1) is 0 Å². The van der Waals surface area contributed by atoms with Gasteiger partial charge in [-0.3, -0.25) is 38.4 Å². The maximum atomic E-state index is 9.00. The third kappa shape index (κ3) is 1110. The molecule has 16 heteroatoms. The van der Waals surface area contributed by atoms with Crippen LogP contribution >= 0.6 is 0 Å². The molecule has 8 N–H and O–H groups in total. The Balaban J connectivity index is -0.0000000297. The molecule has 0 aromatic heterocycles. The second-order valence-corrected chi connectivity index (χ2v) is 4.15. The third-order valence-electron chi connectivity index (χ3n) is 0. The average Bonchev–Trinajstić information content (AvgIpc) is 2.43. The van der Waals surface area contributed by atoms with E-state index < -0.39 is 47.8 Å². The minimum atomic E-state index is -0.833. The fraction of sp³-hybridized carbons (Fsp3) is 0.500. The Morgan fingerprint density at radius 1 is 0.294 bits per heavy atom. The Labute approximate surface area is 197 Å². The molecule has 0 aromatic carbocycles. The zero-order valence-electron chi connectivity index (χ0n) is 20.6. The fourth-order valence-corrected chi connectivity index (χ4v) is 0. The van der Waals surface area contributed by atoms with Gasteiger partial charge in [-0.15, -0.1) is 0 Å². The Morgan fingerprint density at radius 3 is 0.294 bits per heavy atom. The van der Waals surface area contributed by atoms with Gasteiger partial charge in [-0.05, 0) is 0 Å². The first kappa shape index (κ1) is 57.1. The van der Waals surface area contributed by atoms with E-state index in [0.29, 0.717) is 0 Å². The van der Waals surface area contributed by atoms with Crippen molar-refractivity contribution in [3.05, 3.63) is 6.92 Å². The van der Waals surface area contributed by atoms with E-state index in [1.54, 1.807) is 6.92 Å². The van der Waals surface area contributed by atoms with E-state index in [0.717, 1.165) is 55.4 Å². The second-order valence-electron chi connectivity index (χ2n) is 4.15. The molecule has 0 unspecified atom stereocenters. The lowest BCUT2D eigenvalue weighted by Crippen LogP contribution is -1.78. The monoisotopic (exact) mass is 509 g/mol. The first-order valence-electron chi connectivity index (χ1n) is 8.13. The molecule has 0 aliphatic rings. The summed E-state index contributed by atoms with van der Waals surface area (Å²) < 4.78 is 0. The normalized spacial score (nSPS) is 6.06. The molecule has 0 aliphatic carbocycles. The molecule has 0 saturated heterocycles. The molecule has 1 radical (unpaired) electrons. The van der Waals surface area contributed by atoms with Gasteiger partial charge in [0.25, 0.3) is 47.8 Å². The predicted molar refractivity (Wildman–Crippen MR) is 118 cm³/mol. The Hall–Kier alpha value is -4.24. The lowest BCUT2D eigenvalue weighted by Gasteiger charge is -1.59. The van der Waals surface area contributed by atoms with Crippen LogP contribution in [0.15, 0.2) is 0 Å². The van der Waals surface area contributed by atoms with E-state index in [-0.39, 0.29) is 0 Å². The Bertz CT molecular complexity index is 362. The van der Waals surface area contributed by atoms with E-state index in [9.17, 15) is 0 Å². The zero-order valence-corrected chi connectivity index (χ0v) is 20.6. The van der Waals surface area contributed by atoms with Gasteiger partial charge in [-0.2, -0.15) is 0 Å². The first-order chi connectivity index (χ1) is 14.9. The molecule has 205 valence electrons. The smallest absolute Gasteiger partial charge is 0.300 e. The molecule has 0 atom stereocenters. The predicted octanol–water partition coefficient (Wildman–Crippen LogP) is 1.57. The van der Waals surface area contributed by atoms with Gasteiger partial charge in [0.2, 0.25) is 0 Å². The largest absolute Gasteiger partial charge is 0.481 e. The Morgan fingerprint density at radius 2 is 0.294 bits per heavy atom. The number of aliphatic carboxylic acids is 8. The molecule has 0 aromatic rings. The number of hydrogen-bond acceptors (Lipinski definition) is 8. The lowest BCUT2D eigenvalue weighted by atomic mass is 10.9. The zero-order chi connectivity index (χ0) is 30.6. The first-order valence-corrected chi connectivity index (χ1v) is 8.13. The van der Waals surface area contributed by atoms with Crippen molar-refractivity contribution in [3.63, 3.8) is 0 Å². The highest BCUT2D eigenvalue weighted by Crippen LogP contribution is 1.44. The molecular weight excluding hydrogens is 472 g/mol. The van der Waals surface area contributed by atoms with Crippen molar-refractivity contribution >= 4 is 47.8 Å². The second kappa shape index (κ2) is 56.8. The summed E-state index contributed by atoms with van der Waals surface area (Å²) in [5.41, 5.74) is 0. The molecule has 0 heterocycles. The van der Waals surface area contributed by atoms with Gasteiger partial charge >= 0.3 is 0 Å². The quantitative estimate of drug-likeness (QED) is 0.229. The van der Waals surface area contributed by atoms with Crippen molar-refractivity contribution in [2.75, 3.05) is 0 Å². The van der Waals surface area contributed by atoms with E-state index in [1.165, 1.54) is 0 Å². The number of hydrogen-bond donors (Lipinski definition) is 8. The van der Waals surface area contributed by atoms with E-state index >= 15 is 0 Å². The van der Waals surface area contributed by atoms with E-state index in [2.05, 4.69) is 6.92 Å². The summed E-state index contributed by atoms with van der Waals surface area (Å²) in [4.78, 5) is 72.0. The molecule has 0 saturated carbocycles. The molecule has 0 spiro atoms. The number of carboxylic acid groups (broad SMARTS) is 8. The van der Waals surface area contributed by atoms with Gasteiger partial charge in [-0.25, -0.2) is 0 Å². The maximum absolute atomic E-state index is 9.00. The van der Waals surface area contributed by atoms with E-state index in [4.69, 9.17) is 79.2 Å². The molecule has 0 fully saturated rings. The van der Waals surface area contributed by atoms with Crippen LogP contribution in [0.3, 0.4) is 0 Å². The topological polar surface area (TPSA) is 298 Å². The lowest BCUT2D eigenvalue weighted by molar-refractivity contribution is -0.135. The van der Waals surface area contributed by atoms with Crippen LogP contribution in [0.25, 0.3) is 0 Å². The Kier molecular flexibility index (Phi) is 95.4. The van der Waals surface area contributed by atoms with E-state index in [1.807, 2.05) is 0 Å².